The molecule has 1 aliphatic carbocycles. The van der Waals surface area contributed by atoms with Gasteiger partial charge in [0.1, 0.15) is 11.5 Å². The predicted molar refractivity (Wildman–Crippen MR) is 77.4 cm³/mol. The van der Waals surface area contributed by atoms with E-state index in [0.717, 1.165) is 51.0 Å². The number of carbonyl (C=O) groups excluding carboxylic acids is 1. The Morgan fingerprint density at radius 2 is 2.35 bits per heavy atom. The van der Waals surface area contributed by atoms with E-state index < -0.39 is 0 Å². The number of fused-ring (bicyclic) bond motifs is 1. The van der Waals surface area contributed by atoms with E-state index in [-0.39, 0.29) is 5.91 Å². The number of nitrogens with two attached hydrogens (primary N) is 1. The normalized spacial score (nSPS) is 29.2. The minimum Gasteiger partial charge on any atom is -0.350 e. The molecule has 1 aromatic heterocycles. The van der Waals surface area contributed by atoms with Crippen molar-refractivity contribution in [3.05, 3.63) is 17.7 Å². The van der Waals surface area contributed by atoms with E-state index in [9.17, 15) is 4.79 Å². The van der Waals surface area contributed by atoms with Crippen LogP contribution in [0.25, 0.3) is 0 Å². The van der Waals surface area contributed by atoms with E-state index in [4.69, 9.17) is 5.73 Å². The van der Waals surface area contributed by atoms with Gasteiger partial charge in [0.25, 0.3) is 5.91 Å². The van der Waals surface area contributed by atoms with Crippen molar-refractivity contribution in [2.75, 3.05) is 6.54 Å². The molecule has 0 saturated heterocycles. The maximum atomic E-state index is 12.3. The standard InChI is InChI=1S/C15H24N4O/c1-10-4-5-19-13(9-17-14(19)6-10)15(20)18-8-11-2-3-12(16)7-11/h9-12H,2-8,16H2,1H3,(H,18,20)/t10?,11-,12+/m0/s1. The number of hydrogen-bond donors (Lipinski definition) is 2. The molecule has 5 nitrogen and oxygen atoms in total. The highest BCUT2D eigenvalue weighted by Gasteiger charge is 2.24. The van der Waals surface area contributed by atoms with Crippen LogP contribution in [0.4, 0.5) is 0 Å². The summed E-state index contributed by atoms with van der Waals surface area (Å²) in [4.78, 5) is 16.7. The molecule has 3 atom stereocenters. The molecule has 1 unspecified atom stereocenters. The molecule has 3 rings (SSSR count). The third kappa shape index (κ3) is 2.73. The van der Waals surface area contributed by atoms with Crippen LogP contribution in [0.3, 0.4) is 0 Å². The Bertz CT molecular complexity index is 496. The average molecular weight is 276 g/mol. The second kappa shape index (κ2) is 5.56. The van der Waals surface area contributed by atoms with Crippen molar-refractivity contribution in [2.24, 2.45) is 17.6 Å². The minimum atomic E-state index is 0.0128. The van der Waals surface area contributed by atoms with Crippen LogP contribution in [-0.2, 0) is 13.0 Å². The van der Waals surface area contributed by atoms with Crippen LogP contribution >= 0.6 is 0 Å². The topological polar surface area (TPSA) is 72.9 Å². The van der Waals surface area contributed by atoms with Crippen LogP contribution in [-0.4, -0.2) is 28.0 Å². The highest BCUT2D eigenvalue weighted by molar-refractivity contribution is 5.92. The Morgan fingerprint density at radius 1 is 1.50 bits per heavy atom. The molecule has 2 aliphatic rings. The number of nitrogens with one attached hydrogen (secondary N) is 1. The highest BCUT2D eigenvalue weighted by atomic mass is 16.1. The Kier molecular flexibility index (Phi) is 3.78. The summed E-state index contributed by atoms with van der Waals surface area (Å²) in [6.45, 7) is 3.89. The van der Waals surface area contributed by atoms with Gasteiger partial charge in [0.2, 0.25) is 0 Å². The van der Waals surface area contributed by atoms with Crippen molar-refractivity contribution >= 4 is 5.91 Å². The molecular formula is C15H24N4O. The number of nitrogens with zero attached hydrogens (tertiary/aromatic N) is 2. The molecule has 0 aromatic carbocycles. The third-order valence-electron chi connectivity index (χ3n) is 4.68. The van der Waals surface area contributed by atoms with Gasteiger partial charge in [0, 0.05) is 25.6 Å². The molecule has 0 bridgehead atoms. The number of imidazole rings is 1. The van der Waals surface area contributed by atoms with Gasteiger partial charge < -0.3 is 15.6 Å². The lowest BCUT2D eigenvalue weighted by Crippen LogP contribution is -2.31. The van der Waals surface area contributed by atoms with Crippen molar-refractivity contribution in [1.82, 2.24) is 14.9 Å². The lowest BCUT2D eigenvalue weighted by molar-refractivity contribution is 0.0936. The lowest BCUT2D eigenvalue weighted by atomic mass is 10.0. The first-order valence-electron chi connectivity index (χ1n) is 7.71. The number of carbonyl (C=O) groups is 1. The fraction of sp³-hybridized carbons (Fsp3) is 0.733. The lowest BCUT2D eigenvalue weighted by Gasteiger charge is -2.21. The molecule has 3 N–H and O–H groups in total. The third-order valence-corrected chi connectivity index (χ3v) is 4.68. The largest absolute Gasteiger partial charge is 0.350 e. The van der Waals surface area contributed by atoms with Gasteiger partial charge in [-0.2, -0.15) is 0 Å². The van der Waals surface area contributed by atoms with Crippen molar-refractivity contribution in [1.29, 1.82) is 0 Å². The second-order valence-corrected chi connectivity index (χ2v) is 6.46. The quantitative estimate of drug-likeness (QED) is 0.874. The zero-order valence-electron chi connectivity index (χ0n) is 12.1. The summed E-state index contributed by atoms with van der Waals surface area (Å²) >= 11 is 0. The predicted octanol–water partition coefficient (Wildman–Crippen LogP) is 1.32. The Hall–Kier alpha value is -1.36. The van der Waals surface area contributed by atoms with Gasteiger partial charge in [-0.25, -0.2) is 4.98 Å². The molecule has 1 aliphatic heterocycles. The Labute approximate surface area is 119 Å². The number of hydrogen-bond acceptors (Lipinski definition) is 3. The minimum absolute atomic E-state index is 0.0128. The molecule has 5 heteroatoms. The Morgan fingerprint density at radius 3 is 3.10 bits per heavy atom. The zero-order chi connectivity index (χ0) is 14.1. The summed E-state index contributed by atoms with van der Waals surface area (Å²) in [7, 11) is 0. The first-order valence-corrected chi connectivity index (χ1v) is 7.71. The van der Waals surface area contributed by atoms with Gasteiger partial charge in [-0.3, -0.25) is 4.79 Å². The van der Waals surface area contributed by atoms with E-state index in [0.29, 0.717) is 23.6 Å². The summed E-state index contributed by atoms with van der Waals surface area (Å²) in [6, 6.07) is 0.320. The first-order chi connectivity index (χ1) is 9.63. The van der Waals surface area contributed by atoms with Gasteiger partial charge in [-0.1, -0.05) is 6.92 Å². The summed E-state index contributed by atoms with van der Waals surface area (Å²) in [5.74, 6) is 2.27. The van der Waals surface area contributed by atoms with E-state index in [2.05, 4.69) is 21.8 Å². The number of aromatic nitrogens is 2. The molecule has 20 heavy (non-hydrogen) atoms. The van der Waals surface area contributed by atoms with Crippen molar-refractivity contribution < 1.29 is 4.79 Å². The van der Waals surface area contributed by atoms with E-state index >= 15 is 0 Å². The zero-order valence-corrected chi connectivity index (χ0v) is 12.1. The molecular weight excluding hydrogens is 252 g/mol. The monoisotopic (exact) mass is 276 g/mol. The molecule has 110 valence electrons. The maximum absolute atomic E-state index is 12.3. The molecule has 1 aromatic rings. The van der Waals surface area contributed by atoms with Crippen LogP contribution in [0.2, 0.25) is 0 Å². The smallest absolute Gasteiger partial charge is 0.269 e. The van der Waals surface area contributed by atoms with Crippen molar-refractivity contribution in [3.8, 4) is 0 Å². The second-order valence-electron chi connectivity index (χ2n) is 6.46. The summed E-state index contributed by atoms with van der Waals surface area (Å²) < 4.78 is 2.08. The van der Waals surface area contributed by atoms with E-state index in [1.807, 2.05) is 0 Å². The van der Waals surface area contributed by atoms with Gasteiger partial charge in [0.05, 0.1) is 6.20 Å². The molecule has 2 heterocycles. The SMILES string of the molecule is CC1CCn2c(C(=O)NC[C@H]3CC[C@@H](N)C3)cnc2C1. The van der Waals surface area contributed by atoms with Crippen LogP contribution in [0, 0.1) is 11.8 Å². The first kappa shape index (κ1) is 13.6. The maximum Gasteiger partial charge on any atom is 0.269 e. The van der Waals surface area contributed by atoms with Gasteiger partial charge >= 0.3 is 0 Å². The summed E-state index contributed by atoms with van der Waals surface area (Å²) in [6.07, 6.45) is 7.07. The van der Waals surface area contributed by atoms with E-state index in [1.54, 1.807) is 6.20 Å². The Balaban J connectivity index is 1.60. The molecule has 1 fully saturated rings. The van der Waals surface area contributed by atoms with Gasteiger partial charge in [-0.05, 0) is 37.5 Å². The van der Waals surface area contributed by atoms with Crippen molar-refractivity contribution in [2.45, 2.75) is 51.6 Å². The summed E-state index contributed by atoms with van der Waals surface area (Å²) in [5, 5.41) is 3.05. The van der Waals surface area contributed by atoms with Gasteiger partial charge in [-0.15, -0.1) is 0 Å². The molecule has 1 amide bonds. The fourth-order valence-electron chi connectivity index (χ4n) is 3.40. The summed E-state index contributed by atoms with van der Waals surface area (Å²) in [5.41, 5.74) is 6.62. The van der Waals surface area contributed by atoms with Crippen molar-refractivity contribution in [3.63, 3.8) is 0 Å². The molecule has 1 saturated carbocycles. The highest BCUT2D eigenvalue weighted by Crippen LogP contribution is 2.24. The number of amides is 1. The number of rotatable bonds is 3. The van der Waals surface area contributed by atoms with Crippen LogP contribution in [0.1, 0.15) is 48.9 Å². The fourth-order valence-corrected chi connectivity index (χ4v) is 3.40. The van der Waals surface area contributed by atoms with Crippen LogP contribution in [0.15, 0.2) is 6.20 Å². The van der Waals surface area contributed by atoms with E-state index in [1.165, 1.54) is 0 Å². The average Bonchev–Trinajstić information content (AvgIpc) is 3.01. The molecule has 0 radical (unpaired) electrons. The van der Waals surface area contributed by atoms with Gasteiger partial charge in [0.15, 0.2) is 0 Å². The molecule has 0 spiro atoms. The van der Waals surface area contributed by atoms with Crippen LogP contribution in [0.5, 0.6) is 0 Å². The van der Waals surface area contributed by atoms with Crippen LogP contribution < -0.4 is 11.1 Å².